The molecule has 0 aliphatic heterocycles. The average molecular weight is 297 g/mol. The fourth-order valence-corrected chi connectivity index (χ4v) is 2.83. The molecule has 0 saturated carbocycles. The molecule has 0 heterocycles. The Labute approximate surface area is 134 Å². The molecule has 0 radical (unpaired) electrons. The van der Waals surface area contributed by atoms with Crippen LogP contribution in [0.5, 0.6) is 0 Å². The summed E-state index contributed by atoms with van der Waals surface area (Å²) in [5, 5.41) is 8.51. The number of rotatable bonds is 16. The lowest BCUT2D eigenvalue weighted by Gasteiger charge is -2.04. The van der Waals surface area contributed by atoms with E-state index >= 15 is 0 Å². The second kappa shape index (κ2) is 17.6. The van der Waals surface area contributed by atoms with E-state index in [1.807, 2.05) is 6.08 Å². The molecule has 0 bridgehead atoms. The van der Waals surface area contributed by atoms with Crippen molar-refractivity contribution in [2.24, 2.45) is 5.92 Å². The van der Waals surface area contributed by atoms with Gasteiger partial charge in [0.2, 0.25) is 0 Å². The van der Waals surface area contributed by atoms with Gasteiger partial charge >= 0.3 is 0 Å². The first-order valence-electron chi connectivity index (χ1n) is 9.56. The van der Waals surface area contributed by atoms with E-state index < -0.39 is 0 Å². The van der Waals surface area contributed by atoms with Gasteiger partial charge in [0.05, 0.1) is 6.26 Å². The lowest BCUT2D eigenvalue weighted by molar-refractivity contribution is 0.469. The highest BCUT2D eigenvalue weighted by molar-refractivity contribution is 4.70. The molecule has 126 valence electrons. The van der Waals surface area contributed by atoms with Gasteiger partial charge in [-0.1, -0.05) is 103 Å². The molecule has 0 aliphatic carbocycles. The van der Waals surface area contributed by atoms with E-state index in [0.717, 1.165) is 12.3 Å². The van der Waals surface area contributed by atoms with Gasteiger partial charge in [-0.15, -0.1) is 0 Å². The Morgan fingerprint density at radius 3 is 1.38 bits per heavy atom. The molecule has 0 aromatic rings. The van der Waals surface area contributed by atoms with E-state index in [2.05, 4.69) is 13.8 Å². The van der Waals surface area contributed by atoms with Gasteiger partial charge in [-0.3, -0.25) is 0 Å². The highest BCUT2D eigenvalue weighted by Crippen LogP contribution is 2.14. The number of hydrogen-bond acceptors (Lipinski definition) is 1. The molecule has 0 aliphatic rings. The minimum Gasteiger partial charge on any atom is -0.516 e. The van der Waals surface area contributed by atoms with Gasteiger partial charge < -0.3 is 5.11 Å². The van der Waals surface area contributed by atoms with Crippen LogP contribution in [0.2, 0.25) is 0 Å². The molecule has 21 heavy (non-hydrogen) atoms. The summed E-state index contributed by atoms with van der Waals surface area (Å²) in [6.45, 7) is 4.65. The molecule has 0 saturated heterocycles. The predicted octanol–water partition coefficient (Wildman–Crippen LogP) is 7.57. The SMILES string of the molecule is CC(C)CCCCCCCCCCCCCCCC=CO. The molecule has 0 atom stereocenters. The summed E-state index contributed by atoms with van der Waals surface area (Å²) < 4.78 is 0. The van der Waals surface area contributed by atoms with Crippen molar-refractivity contribution in [3.8, 4) is 0 Å². The smallest absolute Gasteiger partial charge is 0.0751 e. The van der Waals surface area contributed by atoms with Crippen LogP contribution in [0.4, 0.5) is 0 Å². The Bertz CT molecular complexity index is 208. The molecule has 0 aromatic carbocycles. The summed E-state index contributed by atoms with van der Waals surface area (Å²) in [5.41, 5.74) is 0. The number of unbranched alkanes of at least 4 members (excludes halogenated alkanes) is 13. The van der Waals surface area contributed by atoms with Gasteiger partial charge in [0.25, 0.3) is 0 Å². The minimum absolute atomic E-state index is 0.885. The summed E-state index contributed by atoms with van der Waals surface area (Å²) in [6.07, 6.45) is 23.8. The molecule has 0 fully saturated rings. The zero-order valence-corrected chi connectivity index (χ0v) is 14.8. The zero-order valence-electron chi connectivity index (χ0n) is 14.8. The number of aliphatic hydroxyl groups is 1. The Morgan fingerprint density at radius 1 is 0.619 bits per heavy atom. The highest BCUT2D eigenvalue weighted by atomic mass is 16.2. The van der Waals surface area contributed by atoms with Crippen LogP contribution < -0.4 is 0 Å². The number of allylic oxidation sites excluding steroid dienone is 1. The molecule has 1 N–H and O–H groups in total. The maximum absolute atomic E-state index is 8.51. The third-order valence-corrected chi connectivity index (χ3v) is 4.26. The van der Waals surface area contributed by atoms with E-state index in [1.54, 1.807) is 0 Å². The van der Waals surface area contributed by atoms with Gasteiger partial charge in [-0.05, 0) is 18.8 Å². The monoisotopic (exact) mass is 296 g/mol. The van der Waals surface area contributed by atoms with Crippen LogP contribution in [0, 0.1) is 5.92 Å². The van der Waals surface area contributed by atoms with E-state index in [-0.39, 0.29) is 0 Å². The van der Waals surface area contributed by atoms with Crippen molar-refractivity contribution in [2.75, 3.05) is 0 Å². The summed E-state index contributed by atoms with van der Waals surface area (Å²) in [5.74, 6) is 0.885. The Balaban J connectivity index is 2.96. The van der Waals surface area contributed by atoms with Gasteiger partial charge in [0, 0.05) is 0 Å². The number of hydrogen-bond donors (Lipinski definition) is 1. The van der Waals surface area contributed by atoms with Gasteiger partial charge in [0.1, 0.15) is 0 Å². The summed E-state index contributed by atoms with van der Waals surface area (Å²) in [7, 11) is 0. The molecule has 1 heteroatoms. The molecule has 0 spiro atoms. The van der Waals surface area contributed by atoms with Crippen molar-refractivity contribution < 1.29 is 5.11 Å². The van der Waals surface area contributed by atoms with Crippen molar-refractivity contribution >= 4 is 0 Å². The molecule has 0 aromatic heterocycles. The van der Waals surface area contributed by atoms with Crippen molar-refractivity contribution in [1.29, 1.82) is 0 Å². The fraction of sp³-hybridized carbons (Fsp3) is 0.900. The highest BCUT2D eigenvalue weighted by Gasteiger charge is 1.95. The lowest BCUT2D eigenvalue weighted by Crippen LogP contribution is -1.87. The van der Waals surface area contributed by atoms with Crippen molar-refractivity contribution in [3.63, 3.8) is 0 Å². The molecular formula is C20H40O. The Hall–Kier alpha value is -0.460. The number of aliphatic hydroxyl groups excluding tert-OH is 1. The minimum atomic E-state index is 0.885. The fourth-order valence-electron chi connectivity index (χ4n) is 2.83. The van der Waals surface area contributed by atoms with Crippen LogP contribution in [-0.4, -0.2) is 5.11 Å². The Kier molecular flexibility index (Phi) is 17.2. The summed E-state index contributed by atoms with van der Waals surface area (Å²) in [6, 6.07) is 0. The lowest BCUT2D eigenvalue weighted by atomic mass is 10.0. The molecule has 0 amide bonds. The molecule has 0 unspecified atom stereocenters. The van der Waals surface area contributed by atoms with Crippen molar-refractivity contribution in [3.05, 3.63) is 12.3 Å². The molecule has 1 nitrogen and oxygen atoms in total. The van der Waals surface area contributed by atoms with E-state index in [1.165, 1.54) is 96.2 Å². The topological polar surface area (TPSA) is 20.2 Å². The first kappa shape index (κ1) is 20.5. The quantitative estimate of drug-likeness (QED) is 0.230. The van der Waals surface area contributed by atoms with Gasteiger partial charge in [-0.2, -0.15) is 0 Å². The van der Waals surface area contributed by atoms with Crippen LogP contribution >= 0.6 is 0 Å². The first-order valence-corrected chi connectivity index (χ1v) is 9.56. The second-order valence-corrected chi connectivity index (χ2v) is 6.95. The standard InChI is InChI=1S/C20H40O/c1-20(2)18-16-14-12-10-8-6-4-3-5-7-9-11-13-15-17-19-21/h17,19-21H,3-16,18H2,1-2H3. The second-order valence-electron chi connectivity index (χ2n) is 6.95. The van der Waals surface area contributed by atoms with Crippen LogP contribution in [0.15, 0.2) is 12.3 Å². The maximum atomic E-state index is 8.51. The molecular weight excluding hydrogens is 256 g/mol. The largest absolute Gasteiger partial charge is 0.516 e. The van der Waals surface area contributed by atoms with E-state index in [9.17, 15) is 0 Å². The maximum Gasteiger partial charge on any atom is 0.0751 e. The van der Waals surface area contributed by atoms with Crippen molar-refractivity contribution in [1.82, 2.24) is 0 Å². The Morgan fingerprint density at radius 2 is 1.00 bits per heavy atom. The zero-order chi connectivity index (χ0) is 15.6. The third-order valence-electron chi connectivity index (χ3n) is 4.26. The van der Waals surface area contributed by atoms with Crippen molar-refractivity contribution in [2.45, 2.75) is 110 Å². The van der Waals surface area contributed by atoms with Crippen LogP contribution in [-0.2, 0) is 0 Å². The van der Waals surface area contributed by atoms with Gasteiger partial charge in [-0.25, -0.2) is 0 Å². The van der Waals surface area contributed by atoms with Gasteiger partial charge in [0.15, 0.2) is 0 Å². The van der Waals surface area contributed by atoms with Crippen LogP contribution in [0.25, 0.3) is 0 Å². The van der Waals surface area contributed by atoms with Crippen LogP contribution in [0.1, 0.15) is 110 Å². The van der Waals surface area contributed by atoms with E-state index in [0.29, 0.717) is 0 Å². The first-order chi connectivity index (χ1) is 10.3. The normalized spacial score (nSPS) is 11.8. The van der Waals surface area contributed by atoms with E-state index in [4.69, 9.17) is 5.11 Å². The van der Waals surface area contributed by atoms with Crippen LogP contribution in [0.3, 0.4) is 0 Å². The predicted molar refractivity (Wildman–Crippen MR) is 95.9 cm³/mol. The average Bonchev–Trinajstić information content (AvgIpc) is 2.46. The summed E-state index contributed by atoms with van der Waals surface area (Å²) >= 11 is 0. The summed E-state index contributed by atoms with van der Waals surface area (Å²) in [4.78, 5) is 0. The third kappa shape index (κ3) is 19.5. The molecule has 0 rings (SSSR count).